The van der Waals surface area contributed by atoms with Crippen LogP contribution in [0.3, 0.4) is 0 Å². The summed E-state index contributed by atoms with van der Waals surface area (Å²) in [4.78, 5) is 9.18. The highest BCUT2D eigenvalue weighted by atomic mass is 16.5. The van der Waals surface area contributed by atoms with Crippen molar-refractivity contribution >= 4 is 0 Å². The first-order valence-electron chi connectivity index (χ1n) is 6.83. The zero-order chi connectivity index (χ0) is 12.4. The number of likely N-dealkylation sites (N-methyl/N-ethyl adjacent to an activating group) is 1. The van der Waals surface area contributed by atoms with E-state index in [9.17, 15) is 0 Å². The van der Waals surface area contributed by atoms with Crippen molar-refractivity contribution in [3.8, 4) is 5.88 Å². The summed E-state index contributed by atoms with van der Waals surface area (Å²) < 4.78 is 6.07. The van der Waals surface area contributed by atoms with Crippen LogP contribution in [0.15, 0.2) is 18.3 Å². The quantitative estimate of drug-likeness (QED) is 0.806. The molecule has 0 spiro atoms. The van der Waals surface area contributed by atoms with Gasteiger partial charge in [0.25, 0.3) is 0 Å². The van der Waals surface area contributed by atoms with Gasteiger partial charge in [-0.15, -0.1) is 0 Å². The number of hydrogen-bond acceptors (Lipinski definition) is 4. The summed E-state index contributed by atoms with van der Waals surface area (Å²) in [5, 5.41) is 0. The van der Waals surface area contributed by atoms with E-state index < -0.39 is 0 Å². The molecule has 18 heavy (non-hydrogen) atoms. The van der Waals surface area contributed by atoms with E-state index in [4.69, 9.17) is 4.74 Å². The van der Waals surface area contributed by atoms with Crippen molar-refractivity contribution in [2.75, 3.05) is 33.2 Å². The smallest absolute Gasteiger partial charge is 0.218 e. The third-order valence-corrected chi connectivity index (χ3v) is 3.80. The van der Waals surface area contributed by atoms with Gasteiger partial charge in [-0.3, -0.25) is 4.90 Å². The van der Waals surface area contributed by atoms with E-state index in [1.54, 1.807) is 0 Å². The first-order chi connectivity index (χ1) is 8.81. The summed E-state index contributed by atoms with van der Waals surface area (Å²) in [6.07, 6.45) is 4.54. The number of hydrogen-bond donors (Lipinski definition) is 0. The number of nitrogens with zero attached hydrogens (tertiary/aromatic N) is 3. The Bertz CT molecular complexity index is 406. The number of rotatable bonds is 3. The summed E-state index contributed by atoms with van der Waals surface area (Å²) >= 11 is 0. The lowest BCUT2D eigenvalue weighted by Gasteiger charge is -2.32. The van der Waals surface area contributed by atoms with E-state index >= 15 is 0 Å². The Labute approximate surface area is 109 Å². The van der Waals surface area contributed by atoms with Crippen LogP contribution in [0.25, 0.3) is 0 Å². The van der Waals surface area contributed by atoms with Crippen LogP contribution in [0.2, 0.25) is 0 Å². The second-order valence-corrected chi connectivity index (χ2v) is 5.39. The Morgan fingerprint density at radius 2 is 2.33 bits per heavy atom. The Kier molecular flexibility index (Phi) is 3.48. The second kappa shape index (κ2) is 5.24. The molecule has 0 saturated carbocycles. The van der Waals surface area contributed by atoms with E-state index in [-0.39, 0.29) is 6.10 Å². The molecule has 0 aliphatic carbocycles. The van der Waals surface area contributed by atoms with Crippen molar-refractivity contribution < 1.29 is 4.74 Å². The van der Waals surface area contributed by atoms with E-state index in [1.165, 1.54) is 25.1 Å². The highest BCUT2D eigenvalue weighted by molar-refractivity contribution is 5.26. The van der Waals surface area contributed by atoms with E-state index in [1.807, 2.05) is 12.3 Å². The third kappa shape index (κ3) is 2.65. The second-order valence-electron chi connectivity index (χ2n) is 5.39. The van der Waals surface area contributed by atoms with Gasteiger partial charge >= 0.3 is 0 Å². The van der Waals surface area contributed by atoms with Crippen LogP contribution in [-0.4, -0.2) is 54.1 Å². The zero-order valence-corrected chi connectivity index (χ0v) is 11.0. The number of pyridine rings is 1. The Morgan fingerprint density at radius 1 is 1.44 bits per heavy atom. The fourth-order valence-electron chi connectivity index (χ4n) is 2.63. The predicted octanol–water partition coefficient (Wildman–Crippen LogP) is 1.37. The maximum atomic E-state index is 6.07. The van der Waals surface area contributed by atoms with Crippen LogP contribution in [-0.2, 0) is 6.54 Å². The highest BCUT2D eigenvalue weighted by Crippen LogP contribution is 2.22. The third-order valence-electron chi connectivity index (χ3n) is 3.80. The van der Waals surface area contributed by atoms with E-state index in [0.717, 1.165) is 31.9 Å². The molecule has 1 fully saturated rings. The minimum Gasteiger partial charge on any atom is -0.473 e. The Balaban J connectivity index is 1.64. The molecule has 1 atom stereocenters. The molecule has 1 aromatic heterocycles. The molecule has 0 N–H and O–H groups in total. The lowest BCUT2D eigenvalue weighted by atomic mass is 10.1. The lowest BCUT2D eigenvalue weighted by Crippen LogP contribution is -2.41. The van der Waals surface area contributed by atoms with Crippen molar-refractivity contribution in [3.63, 3.8) is 0 Å². The molecule has 0 radical (unpaired) electrons. The maximum absolute atomic E-state index is 6.07. The van der Waals surface area contributed by atoms with Crippen molar-refractivity contribution in [1.82, 2.24) is 14.8 Å². The van der Waals surface area contributed by atoms with Crippen molar-refractivity contribution in [2.45, 2.75) is 25.5 Å². The minimum atomic E-state index is 0.270. The standard InChI is InChI=1S/C14H21N3O/c1-16-10-12-4-2-6-15-14(12)18-13(11-16)5-9-17-7-3-8-17/h2,4,6,13H,3,5,7-11H2,1H3. The van der Waals surface area contributed by atoms with Gasteiger partial charge in [-0.25, -0.2) is 4.98 Å². The van der Waals surface area contributed by atoms with Gasteiger partial charge in [0.15, 0.2) is 0 Å². The topological polar surface area (TPSA) is 28.6 Å². The maximum Gasteiger partial charge on any atom is 0.218 e. The summed E-state index contributed by atoms with van der Waals surface area (Å²) in [5.74, 6) is 0.829. The molecule has 1 saturated heterocycles. The number of ether oxygens (including phenoxy) is 1. The van der Waals surface area contributed by atoms with Crippen LogP contribution < -0.4 is 4.74 Å². The van der Waals surface area contributed by atoms with Gasteiger partial charge in [0.05, 0.1) is 0 Å². The molecule has 4 nitrogen and oxygen atoms in total. The molecule has 2 aliphatic rings. The average Bonchev–Trinajstić information content (AvgIpc) is 2.44. The van der Waals surface area contributed by atoms with Crippen LogP contribution in [0.5, 0.6) is 5.88 Å². The van der Waals surface area contributed by atoms with Gasteiger partial charge in [0.2, 0.25) is 5.88 Å². The average molecular weight is 247 g/mol. The van der Waals surface area contributed by atoms with Crippen LogP contribution in [0, 0.1) is 0 Å². The molecule has 1 unspecified atom stereocenters. The van der Waals surface area contributed by atoms with Gasteiger partial charge in [0.1, 0.15) is 6.10 Å². The monoisotopic (exact) mass is 247 g/mol. The van der Waals surface area contributed by atoms with Crippen LogP contribution in [0.1, 0.15) is 18.4 Å². The first kappa shape index (κ1) is 11.9. The van der Waals surface area contributed by atoms with Gasteiger partial charge in [-0.2, -0.15) is 0 Å². The molecular formula is C14H21N3O. The largest absolute Gasteiger partial charge is 0.473 e. The Morgan fingerprint density at radius 3 is 3.11 bits per heavy atom. The van der Waals surface area contributed by atoms with Gasteiger partial charge in [-0.05, 0) is 39.0 Å². The van der Waals surface area contributed by atoms with Gasteiger partial charge in [0, 0.05) is 31.4 Å². The Hall–Kier alpha value is -1.13. The number of likely N-dealkylation sites (tertiary alicyclic amines) is 1. The summed E-state index contributed by atoms with van der Waals surface area (Å²) in [7, 11) is 2.15. The fraction of sp³-hybridized carbons (Fsp3) is 0.643. The minimum absolute atomic E-state index is 0.270. The summed E-state index contributed by atoms with van der Waals surface area (Å²) in [6, 6.07) is 4.09. The molecule has 3 rings (SSSR count). The lowest BCUT2D eigenvalue weighted by molar-refractivity contribution is 0.110. The molecule has 0 bridgehead atoms. The van der Waals surface area contributed by atoms with Crippen LogP contribution in [0.4, 0.5) is 0 Å². The number of aromatic nitrogens is 1. The molecule has 98 valence electrons. The normalized spacial score (nSPS) is 24.8. The molecular weight excluding hydrogens is 226 g/mol. The molecule has 3 heterocycles. The molecule has 4 heteroatoms. The number of fused-ring (bicyclic) bond motifs is 1. The SMILES string of the molecule is CN1Cc2cccnc2OC(CCN2CCC2)C1. The summed E-state index contributed by atoms with van der Waals surface area (Å²) in [5.41, 5.74) is 1.20. The first-order valence-corrected chi connectivity index (χ1v) is 6.83. The highest BCUT2D eigenvalue weighted by Gasteiger charge is 2.23. The van der Waals surface area contributed by atoms with Crippen molar-refractivity contribution in [3.05, 3.63) is 23.9 Å². The zero-order valence-electron chi connectivity index (χ0n) is 11.0. The van der Waals surface area contributed by atoms with Crippen LogP contribution >= 0.6 is 0 Å². The van der Waals surface area contributed by atoms with Crippen molar-refractivity contribution in [2.24, 2.45) is 0 Å². The van der Waals surface area contributed by atoms with Gasteiger partial charge < -0.3 is 9.64 Å². The van der Waals surface area contributed by atoms with E-state index in [2.05, 4.69) is 27.9 Å². The molecule has 1 aromatic rings. The van der Waals surface area contributed by atoms with Crippen molar-refractivity contribution in [1.29, 1.82) is 0 Å². The summed E-state index contributed by atoms with van der Waals surface area (Å²) in [6.45, 7) is 5.60. The predicted molar refractivity (Wildman–Crippen MR) is 70.7 cm³/mol. The molecule has 2 aliphatic heterocycles. The van der Waals surface area contributed by atoms with Gasteiger partial charge in [-0.1, -0.05) is 6.07 Å². The fourth-order valence-corrected chi connectivity index (χ4v) is 2.63. The molecule has 0 aromatic carbocycles. The molecule has 0 amide bonds. The van der Waals surface area contributed by atoms with E-state index in [0.29, 0.717) is 0 Å².